The van der Waals surface area contributed by atoms with Crippen molar-refractivity contribution in [2.24, 2.45) is 0 Å². The average Bonchev–Trinajstić information content (AvgIpc) is 3.24. The number of rotatable bonds is 6. The van der Waals surface area contributed by atoms with Crippen LogP contribution in [0.2, 0.25) is 0 Å². The topological polar surface area (TPSA) is 98.1 Å². The van der Waals surface area contributed by atoms with E-state index in [-0.39, 0.29) is 23.8 Å². The summed E-state index contributed by atoms with van der Waals surface area (Å²) in [6.45, 7) is 2.32. The maximum atomic E-state index is 12.6. The molecule has 2 heterocycles. The van der Waals surface area contributed by atoms with Crippen LogP contribution in [0.1, 0.15) is 28.8 Å². The molecule has 2 aromatic rings. The molecular formula is C19H17BrN2O6. The smallest absolute Gasteiger partial charge is 0.373 e. The van der Waals surface area contributed by atoms with Crippen molar-refractivity contribution in [2.45, 2.75) is 13.5 Å². The highest BCUT2D eigenvalue weighted by Crippen LogP contribution is 2.27. The molecule has 0 saturated carbocycles. The Balaban J connectivity index is 1.76. The van der Waals surface area contributed by atoms with Crippen LogP contribution in [0.5, 0.6) is 5.75 Å². The second-order valence-corrected chi connectivity index (χ2v) is 6.61. The van der Waals surface area contributed by atoms with E-state index < -0.39 is 17.9 Å². The summed E-state index contributed by atoms with van der Waals surface area (Å²) < 4.78 is 16.1. The number of urea groups is 1. The Kier molecular flexibility index (Phi) is 5.84. The molecule has 0 aliphatic carbocycles. The van der Waals surface area contributed by atoms with E-state index in [9.17, 15) is 14.4 Å². The van der Waals surface area contributed by atoms with Gasteiger partial charge in [-0.2, -0.15) is 0 Å². The maximum Gasteiger partial charge on any atom is 0.373 e. The minimum absolute atomic E-state index is 0.000409. The third-order valence-electron chi connectivity index (χ3n) is 3.89. The lowest BCUT2D eigenvalue weighted by Gasteiger charge is -2.09. The molecule has 3 amide bonds. The zero-order chi connectivity index (χ0) is 20.3. The van der Waals surface area contributed by atoms with Crippen LogP contribution >= 0.6 is 15.9 Å². The molecule has 8 nitrogen and oxygen atoms in total. The normalized spacial score (nSPS) is 15.1. The van der Waals surface area contributed by atoms with Crippen LogP contribution in [0.3, 0.4) is 0 Å². The van der Waals surface area contributed by atoms with Gasteiger partial charge in [0.1, 0.15) is 17.2 Å². The van der Waals surface area contributed by atoms with Crippen LogP contribution in [0.25, 0.3) is 6.08 Å². The molecule has 9 heteroatoms. The highest BCUT2D eigenvalue weighted by molar-refractivity contribution is 9.10. The number of furan rings is 1. The van der Waals surface area contributed by atoms with Crippen molar-refractivity contribution in [3.8, 4) is 5.75 Å². The quantitative estimate of drug-likeness (QED) is 0.413. The first kappa shape index (κ1) is 19.7. The molecule has 1 saturated heterocycles. The van der Waals surface area contributed by atoms with E-state index in [2.05, 4.69) is 26.0 Å². The Morgan fingerprint density at radius 1 is 1.29 bits per heavy atom. The van der Waals surface area contributed by atoms with Gasteiger partial charge in [0.15, 0.2) is 0 Å². The molecule has 1 aliphatic heterocycles. The summed E-state index contributed by atoms with van der Waals surface area (Å²) in [5, 5.41) is 2.54. The fourth-order valence-corrected chi connectivity index (χ4v) is 3.10. The zero-order valence-electron chi connectivity index (χ0n) is 15.2. The van der Waals surface area contributed by atoms with E-state index >= 15 is 0 Å². The Morgan fingerprint density at radius 2 is 2.07 bits per heavy atom. The summed E-state index contributed by atoms with van der Waals surface area (Å²) in [6, 6.07) is 7.70. The fraction of sp³-hybridized carbons (Fsp3) is 0.211. The lowest BCUT2D eigenvalue weighted by atomic mass is 10.2. The second-order valence-electron chi connectivity index (χ2n) is 5.76. The number of amides is 3. The summed E-state index contributed by atoms with van der Waals surface area (Å²) in [5.74, 6) is -0.156. The van der Waals surface area contributed by atoms with Gasteiger partial charge in [-0.05, 0) is 58.8 Å². The number of hydrogen-bond acceptors (Lipinski definition) is 6. The molecule has 3 rings (SSSR count). The molecule has 0 radical (unpaired) electrons. The van der Waals surface area contributed by atoms with Crippen molar-refractivity contribution in [1.82, 2.24) is 10.2 Å². The second kappa shape index (κ2) is 8.30. The minimum atomic E-state index is -0.634. The number of methoxy groups -OCH3 is 1. The Hall–Kier alpha value is -3.07. The summed E-state index contributed by atoms with van der Waals surface area (Å²) in [6.07, 6.45) is 1.57. The summed E-state index contributed by atoms with van der Waals surface area (Å²) >= 11 is 3.41. The lowest BCUT2D eigenvalue weighted by Crippen LogP contribution is -2.30. The van der Waals surface area contributed by atoms with Crippen molar-refractivity contribution in [3.63, 3.8) is 0 Å². The predicted octanol–water partition coefficient (Wildman–Crippen LogP) is 3.32. The van der Waals surface area contributed by atoms with E-state index in [0.717, 1.165) is 9.37 Å². The van der Waals surface area contributed by atoms with Crippen LogP contribution < -0.4 is 10.1 Å². The Morgan fingerprint density at radius 3 is 2.75 bits per heavy atom. The molecular weight excluding hydrogens is 432 g/mol. The number of carbonyl (C=O) groups excluding carboxylic acids is 3. The minimum Gasteiger partial charge on any atom is -0.493 e. The number of nitrogens with zero attached hydrogens (tertiary/aromatic N) is 1. The van der Waals surface area contributed by atoms with Crippen LogP contribution in [-0.2, 0) is 16.1 Å². The van der Waals surface area contributed by atoms with Gasteiger partial charge >= 0.3 is 12.0 Å². The molecule has 1 aromatic carbocycles. The Bertz CT molecular complexity index is 965. The van der Waals surface area contributed by atoms with Gasteiger partial charge in [-0.25, -0.2) is 9.59 Å². The van der Waals surface area contributed by atoms with E-state index in [0.29, 0.717) is 17.9 Å². The molecule has 1 fully saturated rings. The highest BCUT2D eigenvalue weighted by atomic mass is 79.9. The van der Waals surface area contributed by atoms with Crippen molar-refractivity contribution in [3.05, 3.63) is 57.6 Å². The van der Waals surface area contributed by atoms with Crippen molar-refractivity contribution in [1.29, 1.82) is 0 Å². The molecule has 0 bridgehead atoms. The van der Waals surface area contributed by atoms with Crippen LogP contribution in [0.4, 0.5) is 4.79 Å². The van der Waals surface area contributed by atoms with Crippen LogP contribution in [-0.4, -0.2) is 36.5 Å². The number of benzene rings is 1. The van der Waals surface area contributed by atoms with E-state index in [1.807, 2.05) is 6.92 Å². The molecule has 146 valence electrons. The Labute approximate surface area is 169 Å². The number of esters is 1. The van der Waals surface area contributed by atoms with Gasteiger partial charge in [-0.1, -0.05) is 6.07 Å². The predicted molar refractivity (Wildman–Crippen MR) is 102 cm³/mol. The van der Waals surface area contributed by atoms with Gasteiger partial charge in [-0.15, -0.1) is 0 Å². The molecule has 28 heavy (non-hydrogen) atoms. The molecule has 0 atom stereocenters. The van der Waals surface area contributed by atoms with Crippen molar-refractivity contribution >= 4 is 39.9 Å². The van der Waals surface area contributed by atoms with E-state index in [1.54, 1.807) is 24.3 Å². The van der Waals surface area contributed by atoms with Crippen LogP contribution in [0, 0.1) is 0 Å². The number of nitrogens with one attached hydrogen (secondary N) is 1. The number of halogens is 1. The van der Waals surface area contributed by atoms with Gasteiger partial charge in [0.25, 0.3) is 5.91 Å². The zero-order valence-corrected chi connectivity index (χ0v) is 16.7. The number of ether oxygens (including phenoxy) is 2. The monoisotopic (exact) mass is 448 g/mol. The third kappa shape index (κ3) is 4.09. The summed E-state index contributed by atoms with van der Waals surface area (Å²) in [5.41, 5.74) is 0.854. The maximum absolute atomic E-state index is 12.6. The van der Waals surface area contributed by atoms with Gasteiger partial charge in [0.2, 0.25) is 5.76 Å². The summed E-state index contributed by atoms with van der Waals surface area (Å²) in [7, 11) is 1.23. The average molecular weight is 449 g/mol. The number of carbonyl (C=O) groups is 3. The first-order chi connectivity index (χ1) is 13.4. The van der Waals surface area contributed by atoms with E-state index in [1.165, 1.54) is 19.2 Å². The largest absolute Gasteiger partial charge is 0.493 e. The first-order valence-electron chi connectivity index (χ1n) is 8.36. The van der Waals surface area contributed by atoms with Gasteiger partial charge in [-0.3, -0.25) is 9.69 Å². The molecule has 0 spiro atoms. The third-order valence-corrected chi connectivity index (χ3v) is 4.51. The SMILES string of the molecule is CCOc1ccc(/C=C2\NC(=O)N(Cc3ccc(C(=O)OC)o3)C2=O)cc1Br. The fourth-order valence-electron chi connectivity index (χ4n) is 2.59. The number of imide groups is 1. The van der Waals surface area contributed by atoms with Gasteiger partial charge in [0.05, 0.1) is 24.7 Å². The molecule has 0 unspecified atom stereocenters. The van der Waals surface area contributed by atoms with Crippen molar-refractivity contribution in [2.75, 3.05) is 13.7 Å². The number of hydrogen-bond donors (Lipinski definition) is 1. The van der Waals surface area contributed by atoms with Crippen LogP contribution in [0.15, 0.2) is 44.9 Å². The van der Waals surface area contributed by atoms with Gasteiger partial charge < -0.3 is 19.2 Å². The highest BCUT2D eigenvalue weighted by Gasteiger charge is 2.34. The van der Waals surface area contributed by atoms with Gasteiger partial charge in [0, 0.05) is 0 Å². The molecule has 1 N–H and O–H groups in total. The molecule has 1 aliphatic rings. The summed E-state index contributed by atoms with van der Waals surface area (Å²) in [4.78, 5) is 37.2. The molecule has 1 aromatic heterocycles. The van der Waals surface area contributed by atoms with E-state index in [4.69, 9.17) is 9.15 Å². The standard InChI is InChI=1S/C19H17BrN2O6/c1-3-27-15-6-4-11(8-13(15)20)9-14-17(23)22(19(25)21-14)10-12-5-7-16(28-12)18(24)26-2/h4-9H,3,10H2,1-2H3,(H,21,25)/b14-9-. The van der Waals surface area contributed by atoms with Crippen molar-refractivity contribution < 1.29 is 28.3 Å². The first-order valence-corrected chi connectivity index (χ1v) is 9.16. The lowest BCUT2D eigenvalue weighted by molar-refractivity contribution is -0.123.